The minimum absolute atomic E-state index is 0.0735. The van der Waals surface area contributed by atoms with E-state index in [0.29, 0.717) is 6.42 Å². The molecule has 0 spiro atoms. The summed E-state index contributed by atoms with van der Waals surface area (Å²) in [6, 6.07) is 6.86. The molecule has 4 aliphatic rings. The normalized spacial score (nSPS) is 43.6. The first-order chi connectivity index (χ1) is 13.4. The molecule has 0 bridgehead atoms. The van der Waals surface area contributed by atoms with Crippen LogP contribution in [0, 0.1) is 6.92 Å². The summed E-state index contributed by atoms with van der Waals surface area (Å²) in [4.78, 5) is 0.275. The largest absolute Gasteiger partial charge is 0.368 e. The number of hydrogen-bond acceptors (Lipinski definition) is 8. The molecule has 9 heteroatoms. The Hall–Kier alpha value is -1.07. The summed E-state index contributed by atoms with van der Waals surface area (Å²) in [6.07, 6.45) is -2.38. The molecular formula is C19H24O8S. The van der Waals surface area contributed by atoms with Gasteiger partial charge in [-0.2, -0.15) is 0 Å². The van der Waals surface area contributed by atoms with E-state index in [2.05, 4.69) is 0 Å². The number of rotatable bonds is 7. The molecule has 4 fully saturated rings. The molecule has 8 atom stereocenters. The second kappa shape index (κ2) is 6.46. The van der Waals surface area contributed by atoms with Crippen LogP contribution in [-0.2, 0) is 38.3 Å². The highest BCUT2D eigenvalue weighted by molar-refractivity contribution is 7.93. The molecule has 0 aromatic heterocycles. The van der Waals surface area contributed by atoms with Crippen molar-refractivity contribution < 1.29 is 36.8 Å². The average molecular weight is 412 g/mol. The predicted molar refractivity (Wildman–Crippen MR) is 95.5 cm³/mol. The first-order valence-corrected chi connectivity index (χ1v) is 10.9. The summed E-state index contributed by atoms with van der Waals surface area (Å²) in [5.74, 6) is 0. The van der Waals surface area contributed by atoms with Gasteiger partial charge >= 0.3 is 0 Å². The minimum atomic E-state index is -3.66. The van der Waals surface area contributed by atoms with Crippen molar-refractivity contribution >= 4 is 9.84 Å². The SMILES string of the molecule is CO[C@H]1O[C@H](CO[C@@H]2[C@@H](OC)O[C@@H]3C[C@]23S(=O)(=O)c2ccc(C)cc2)[C@@H]2O[C@H]12. The van der Waals surface area contributed by atoms with Crippen LogP contribution in [0.5, 0.6) is 0 Å². The van der Waals surface area contributed by atoms with E-state index in [9.17, 15) is 8.42 Å². The minimum Gasteiger partial charge on any atom is -0.368 e. The molecule has 28 heavy (non-hydrogen) atoms. The Morgan fingerprint density at radius 3 is 2.39 bits per heavy atom. The smallest absolute Gasteiger partial charge is 0.189 e. The van der Waals surface area contributed by atoms with Crippen LogP contribution in [0.1, 0.15) is 12.0 Å². The van der Waals surface area contributed by atoms with Gasteiger partial charge in [0.1, 0.15) is 29.2 Å². The molecule has 0 unspecified atom stereocenters. The quantitative estimate of drug-likeness (QED) is 0.608. The highest BCUT2D eigenvalue weighted by Crippen LogP contribution is 2.59. The zero-order valence-corrected chi connectivity index (χ0v) is 16.8. The van der Waals surface area contributed by atoms with Crippen LogP contribution >= 0.6 is 0 Å². The lowest BCUT2D eigenvalue weighted by atomic mass is 10.2. The zero-order valence-electron chi connectivity index (χ0n) is 15.9. The van der Waals surface area contributed by atoms with Gasteiger partial charge in [-0.1, -0.05) is 17.7 Å². The van der Waals surface area contributed by atoms with Gasteiger partial charge in [-0.05, 0) is 19.1 Å². The fraction of sp³-hybridized carbons (Fsp3) is 0.684. The first-order valence-electron chi connectivity index (χ1n) is 9.37. The molecule has 0 amide bonds. The lowest BCUT2D eigenvalue weighted by molar-refractivity contribution is -0.198. The summed E-state index contributed by atoms with van der Waals surface area (Å²) in [6.45, 7) is 2.11. The monoisotopic (exact) mass is 412 g/mol. The van der Waals surface area contributed by atoms with Crippen LogP contribution in [0.3, 0.4) is 0 Å². The van der Waals surface area contributed by atoms with Crippen molar-refractivity contribution in [2.75, 3.05) is 20.8 Å². The Kier molecular flexibility index (Phi) is 4.37. The molecule has 5 rings (SSSR count). The fourth-order valence-electron chi connectivity index (χ4n) is 4.43. The second-order valence-corrected chi connectivity index (χ2v) is 10.0. The summed E-state index contributed by atoms with van der Waals surface area (Å²) in [5.41, 5.74) is 0.999. The highest BCUT2D eigenvalue weighted by Gasteiger charge is 2.77. The van der Waals surface area contributed by atoms with Gasteiger partial charge in [0.2, 0.25) is 0 Å². The maximum atomic E-state index is 13.5. The molecular weight excluding hydrogens is 388 g/mol. The molecule has 154 valence electrons. The number of methoxy groups -OCH3 is 2. The summed E-state index contributed by atoms with van der Waals surface area (Å²) in [5, 5.41) is 0. The molecule has 1 aliphatic carbocycles. The molecule has 0 N–H and O–H groups in total. The molecule has 3 heterocycles. The molecule has 3 aliphatic heterocycles. The third-order valence-corrected chi connectivity index (χ3v) is 8.71. The summed E-state index contributed by atoms with van der Waals surface area (Å²) >= 11 is 0. The van der Waals surface area contributed by atoms with Crippen LogP contribution in [0.15, 0.2) is 29.2 Å². The number of ether oxygens (including phenoxy) is 6. The third kappa shape index (κ3) is 2.61. The maximum Gasteiger partial charge on any atom is 0.189 e. The Bertz CT molecular complexity index is 855. The summed E-state index contributed by atoms with van der Waals surface area (Å²) in [7, 11) is -0.607. The Balaban J connectivity index is 1.37. The number of epoxide rings is 1. The van der Waals surface area contributed by atoms with Gasteiger partial charge in [0.05, 0.1) is 17.6 Å². The van der Waals surface area contributed by atoms with Crippen LogP contribution < -0.4 is 0 Å². The van der Waals surface area contributed by atoms with Crippen molar-refractivity contribution in [3.63, 3.8) is 0 Å². The Morgan fingerprint density at radius 1 is 1.04 bits per heavy atom. The van der Waals surface area contributed by atoms with E-state index in [1.165, 1.54) is 7.11 Å². The maximum absolute atomic E-state index is 13.5. The number of fused-ring (bicyclic) bond motifs is 2. The van der Waals surface area contributed by atoms with Crippen LogP contribution in [0.25, 0.3) is 0 Å². The van der Waals surface area contributed by atoms with Crippen molar-refractivity contribution in [3.05, 3.63) is 29.8 Å². The van der Waals surface area contributed by atoms with Crippen molar-refractivity contribution in [2.45, 2.75) is 66.1 Å². The van der Waals surface area contributed by atoms with Gasteiger partial charge in [-0.3, -0.25) is 0 Å². The summed E-state index contributed by atoms with van der Waals surface area (Å²) < 4.78 is 59.6. The number of benzene rings is 1. The van der Waals surface area contributed by atoms with Gasteiger partial charge in [-0.15, -0.1) is 0 Å². The van der Waals surface area contributed by atoms with Crippen molar-refractivity contribution in [3.8, 4) is 0 Å². The lowest BCUT2D eigenvalue weighted by Crippen LogP contribution is -2.45. The number of aryl methyl sites for hydroxylation is 1. The van der Waals surface area contributed by atoms with Gasteiger partial charge in [0.15, 0.2) is 22.4 Å². The standard InChI is InChI=1S/C19H24O8S/c1-10-4-6-11(7-5-10)28(20,21)19-8-13(19)26-18(23-3)16(19)24-9-12-14-15(27-14)17(22-2)25-12/h4-7,12-18H,8-9H2,1-3H3/t12-,13-,14+,15+,16-,17+,18+,19-/m1/s1. The molecule has 3 saturated heterocycles. The number of hydrogen-bond donors (Lipinski definition) is 0. The molecule has 1 aromatic carbocycles. The van der Waals surface area contributed by atoms with E-state index < -0.39 is 39.4 Å². The highest BCUT2D eigenvalue weighted by atomic mass is 32.2. The molecule has 1 saturated carbocycles. The average Bonchev–Trinajstić information content (AvgIpc) is 3.57. The predicted octanol–water partition coefficient (Wildman–Crippen LogP) is 0.806. The van der Waals surface area contributed by atoms with Crippen molar-refractivity contribution in [1.82, 2.24) is 0 Å². The van der Waals surface area contributed by atoms with Gasteiger partial charge in [0.25, 0.3) is 0 Å². The first kappa shape index (κ1) is 18.9. The van der Waals surface area contributed by atoms with Gasteiger partial charge < -0.3 is 28.4 Å². The Labute approximate surface area is 163 Å². The van der Waals surface area contributed by atoms with Crippen LogP contribution in [-0.4, -0.2) is 77.1 Å². The van der Waals surface area contributed by atoms with Crippen LogP contribution in [0.2, 0.25) is 0 Å². The lowest BCUT2D eigenvalue weighted by Gasteiger charge is -2.28. The van der Waals surface area contributed by atoms with Gasteiger partial charge in [-0.25, -0.2) is 8.42 Å². The van der Waals surface area contributed by atoms with E-state index in [-0.39, 0.29) is 29.8 Å². The van der Waals surface area contributed by atoms with E-state index >= 15 is 0 Å². The van der Waals surface area contributed by atoms with E-state index in [0.717, 1.165) is 5.56 Å². The van der Waals surface area contributed by atoms with E-state index in [4.69, 9.17) is 28.4 Å². The number of sulfone groups is 1. The topological polar surface area (TPSA) is 92.8 Å². The third-order valence-electron chi connectivity index (χ3n) is 6.16. The van der Waals surface area contributed by atoms with Crippen molar-refractivity contribution in [2.24, 2.45) is 0 Å². The molecule has 8 nitrogen and oxygen atoms in total. The zero-order chi connectivity index (χ0) is 19.7. The van der Waals surface area contributed by atoms with E-state index in [1.54, 1.807) is 31.4 Å². The fourth-order valence-corrected chi connectivity index (χ4v) is 6.62. The van der Waals surface area contributed by atoms with Gasteiger partial charge in [0, 0.05) is 20.6 Å². The van der Waals surface area contributed by atoms with Crippen molar-refractivity contribution in [1.29, 1.82) is 0 Å². The van der Waals surface area contributed by atoms with E-state index in [1.807, 2.05) is 6.92 Å². The van der Waals surface area contributed by atoms with Crippen LogP contribution in [0.4, 0.5) is 0 Å². The molecule has 0 radical (unpaired) electrons. The second-order valence-electron chi connectivity index (χ2n) is 7.80. The molecule has 1 aromatic rings. The Morgan fingerprint density at radius 2 is 1.75 bits per heavy atom.